The molecule has 1 amide bonds. The lowest BCUT2D eigenvalue weighted by Crippen LogP contribution is -2.34. The first-order chi connectivity index (χ1) is 11.7. The molecule has 0 aliphatic heterocycles. The van der Waals surface area contributed by atoms with Gasteiger partial charge in [-0.2, -0.15) is 5.10 Å². The van der Waals surface area contributed by atoms with Crippen LogP contribution in [0.2, 0.25) is 0 Å². The van der Waals surface area contributed by atoms with Gasteiger partial charge >= 0.3 is 0 Å². The van der Waals surface area contributed by atoms with Crippen LogP contribution in [0.1, 0.15) is 48.6 Å². The van der Waals surface area contributed by atoms with Crippen LogP contribution >= 0.6 is 0 Å². The highest BCUT2D eigenvalue weighted by Gasteiger charge is 2.26. The predicted molar refractivity (Wildman–Crippen MR) is 96.9 cm³/mol. The Morgan fingerprint density at radius 1 is 1.32 bits per heavy atom. The van der Waals surface area contributed by atoms with Crippen molar-refractivity contribution in [2.24, 2.45) is 0 Å². The van der Waals surface area contributed by atoms with Crippen molar-refractivity contribution in [3.8, 4) is 5.75 Å². The zero-order valence-electron chi connectivity index (χ0n) is 15.8. The monoisotopic (exact) mass is 345 g/mol. The van der Waals surface area contributed by atoms with Crippen LogP contribution in [0.15, 0.2) is 30.3 Å². The van der Waals surface area contributed by atoms with E-state index in [-0.39, 0.29) is 18.1 Å². The quantitative estimate of drug-likeness (QED) is 0.905. The minimum Gasteiger partial charge on any atom is -0.497 e. The minimum absolute atomic E-state index is 0.173. The van der Waals surface area contributed by atoms with Gasteiger partial charge in [-0.25, -0.2) is 0 Å². The van der Waals surface area contributed by atoms with Gasteiger partial charge in [0.2, 0.25) is 0 Å². The number of nitrogens with zero attached hydrogens (tertiary/aromatic N) is 3. The summed E-state index contributed by atoms with van der Waals surface area (Å²) < 4.78 is 6.99. The number of ether oxygens (including phenoxy) is 1. The van der Waals surface area contributed by atoms with E-state index in [9.17, 15) is 9.90 Å². The van der Waals surface area contributed by atoms with Crippen LogP contribution in [0.3, 0.4) is 0 Å². The number of likely N-dealkylation sites (N-methyl/N-ethyl adjacent to an activating group) is 1. The van der Waals surface area contributed by atoms with E-state index in [1.807, 2.05) is 56.6 Å². The first-order valence-corrected chi connectivity index (χ1v) is 8.28. The SMILES string of the molecule is COc1ccc(C(CO)N(C)C(=O)c2cc(C)n(C(C)(C)C)n2)cc1. The molecule has 6 nitrogen and oxygen atoms in total. The molecule has 1 unspecified atom stereocenters. The van der Waals surface area contributed by atoms with Crippen LogP contribution in [0.25, 0.3) is 0 Å². The molecular weight excluding hydrogens is 318 g/mol. The standard InChI is InChI=1S/C19H27N3O3/c1-13-11-16(20-22(13)19(2,3)4)18(24)21(5)17(12-23)14-7-9-15(25-6)10-8-14/h7-11,17,23H,12H2,1-6H3. The predicted octanol–water partition coefficient (Wildman–Crippen LogP) is 2.76. The molecule has 1 atom stereocenters. The van der Waals surface area contributed by atoms with E-state index < -0.39 is 6.04 Å². The van der Waals surface area contributed by atoms with E-state index in [2.05, 4.69) is 5.10 Å². The number of carbonyl (C=O) groups is 1. The normalized spacial score (nSPS) is 12.8. The molecule has 25 heavy (non-hydrogen) atoms. The number of carbonyl (C=O) groups excluding carboxylic acids is 1. The molecule has 0 saturated carbocycles. The zero-order valence-corrected chi connectivity index (χ0v) is 15.8. The maximum atomic E-state index is 12.8. The number of rotatable bonds is 5. The second-order valence-electron chi connectivity index (χ2n) is 7.14. The van der Waals surface area contributed by atoms with Crippen molar-refractivity contribution >= 4 is 5.91 Å². The van der Waals surface area contributed by atoms with Gasteiger partial charge in [0, 0.05) is 12.7 Å². The van der Waals surface area contributed by atoms with Gasteiger partial charge in [0.05, 0.1) is 25.3 Å². The second-order valence-corrected chi connectivity index (χ2v) is 7.14. The van der Waals surface area contributed by atoms with Crippen molar-refractivity contribution in [2.45, 2.75) is 39.3 Å². The van der Waals surface area contributed by atoms with E-state index in [0.29, 0.717) is 5.69 Å². The molecule has 0 saturated heterocycles. The Bertz CT molecular complexity index is 729. The fraction of sp³-hybridized carbons (Fsp3) is 0.474. The molecule has 0 aliphatic rings. The van der Waals surface area contributed by atoms with Crippen molar-refractivity contribution < 1.29 is 14.6 Å². The number of aliphatic hydroxyl groups excluding tert-OH is 1. The topological polar surface area (TPSA) is 67.6 Å². The number of methoxy groups -OCH3 is 1. The summed E-state index contributed by atoms with van der Waals surface area (Å²) in [5, 5.41) is 14.3. The third-order valence-corrected chi connectivity index (χ3v) is 4.20. The van der Waals surface area contributed by atoms with Crippen LogP contribution in [0.4, 0.5) is 0 Å². The lowest BCUT2D eigenvalue weighted by atomic mass is 10.1. The average Bonchev–Trinajstić information content (AvgIpc) is 2.97. The summed E-state index contributed by atoms with van der Waals surface area (Å²) in [7, 11) is 3.28. The third-order valence-electron chi connectivity index (χ3n) is 4.20. The highest BCUT2D eigenvalue weighted by atomic mass is 16.5. The summed E-state index contributed by atoms with van der Waals surface area (Å²) in [5.41, 5.74) is 1.94. The van der Waals surface area contributed by atoms with Gasteiger partial charge in [-0.1, -0.05) is 12.1 Å². The minimum atomic E-state index is -0.446. The highest BCUT2D eigenvalue weighted by molar-refractivity contribution is 5.92. The number of aryl methyl sites for hydroxylation is 1. The van der Waals surface area contributed by atoms with Crippen LogP contribution in [0, 0.1) is 6.92 Å². The number of amides is 1. The molecule has 0 radical (unpaired) electrons. The molecule has 2 aromatic rings. The van der Waals surface area contributed by atoms with Crippen LogP contribution in [-0.2, 0) is 5.54 Å². The first-order valence-electron chi connectivity index (χ1n) is 8.28. The van der Waals surface area contributed by atoms with Crippen molar-refractivity contribution in [1.82, 2.24) is 14.7 Å². The number of hydrogen-bond acceptors (Lipinski definition) is 4. The Hall–Kier alpha value is -2.34. The third kappa shape index (κ3) is 4.02. The van der Waals surface area contributed by atoms with E-state index in [1.54, 1.807) is 20.2 Å². The van der Waals surface area contributed by atoms with Gasteiger partial charge < -0.3 is 14.7 Å². The fourth-order valence-corrected chi connectivity index (χ4v) is 2.86. The van der Waals surface area contributed by atoms with E-state index in [4.69, 9.17) is 4.74 Å². The number of aliphatic hydroxyl groups is 1. The summed E-state index contributed by atoms with van der Waals surface area (Å²) in [6, 6.07) is 8.67. The molecule has 0 spiro atoms. The average molecular weight is 345 g/mol. The molecule has 6 heteroatoms. The molecule has 0 bridgehead atoms. The van der Waals surface area contributed by atoms with Crippen molar-refractivity contribution in [2.75, 3.05) is 20.8 Å². The molecule has 1 N–H and O–H groups in total. The van der Waals surface area contributed by atoms with Crippen molar-refractivity contribution in [1.29, 1.82) is 0 Å². The first kappa shape index (κ1) is 19.0. The zero-order chi connectivity index (χ0) is 18.8. The largest absolute Gasteiger partial charge is 0.497 e. The molecule has 1 aromatic carbocycles. The summed E-state index contributed by atoms with van der Waals surface area (Å²) in [6.07, 6.45) is 0. The summed E-state index contributed by atoms with van der Waals surface area (Å²) in [5.74, 6) is 0.509. The van der Waals surface area contributed by atoms with Crippen LogP contribution in [-0.4, -0.2) is 46.5 Å². The Kier molecular flexibility index (Phi) is 5.52. The maximum absolute atomic E-state index is 12.8. The molecule has 0 fully saturated rings. The Balaban J connectivity index is 2.27. The van der Waals surface area contributed by atoms with Crippen molar-refractivity contribution in [3.05, 3.63) is 47.3 Å². The van der Waals surface area contributed by atoms with Crippen LogP contribution < -0.4 is 4.74 Å². The molecule has 1 heterocycles. The smallest absolute Gasteiger partial charge is 0.274 e. The van der Waals surface area contributed by atoms with Gasteiger partial charge in [-0.15, -0.1) is 0 Å². The Labute approximate surface area is 149 Å². The second kappa shape index (κ2) is 7.27. The van der Waals surface area contributed by atoms with E-state index in [0.717, 1.165) is 17.0 Å². The molecule has 0 aliphatic carbocycles. The van der Waals surface area contributed by atoms with Gasteiger partial charge in [0.25, 0.3) is 5.91 Å². The number of benzene rings is 1. The van der Waals surface area contributed by atoms with Gasteiger partial charge in [-0.05, 0) is 51.5 Å². The van der Waals surface area contributed by atoms with Gasteiger partial charge in [0.15, 0.2) is 5.69 Å². The van der Waals surface area contributed by atoms with Crippen LogP contribution in [0.5, 0.6) is 5.75 Å². The summed E-state index contributed by atoms with van der Waals surface area (Å²) in [6.45, 7) is 7.88. The Morgan fingerprint density at radius 3 is 2.36 bits per heavy atom. The van der Waals surface area contributed by atoms with E-state index in [1.165, 1.54) is 4.90 Å². The summed E-state index contributed by atoms with van der Waals surface area (Å²) >= 11 is 0. The molecule has 1 aromatic heterocycles. The maximum Gasteiger partial charge on any atom is 0.274 e. The number of hydrogen-bond donors (Lipinski definition) is 1. The highest BCUT2D eigenvalue weighted by Crippen LogP contribution is 2.24. The number of aromatic nitrogens is 2. The Morgan fingerprint density at radius 2 is 1.92 bits per heavy atom. The van der Waals surface area contributed by atoms with E-state index >= 15 is 0 Å². The lowest BCUT2D eigenvalue weighted by Gasteiger charge is -2.26. The summed E-state index contributed by atoms with van der Waals surface area (Å²) in [4.78, 5) is 14.4. The van der Waals surface area contributed by atoms with Crippen molar-refractivity contribution in [3.63, 3.8) is 0 Å². The fourth-order valence-electron chi connectivity index (χ4n) is 2.86. The molecular formula is C19H27N3O3. The molecule has 136 valence electrons. The van der Waals surface area contributed by atoms with Gasteiger partial charge in [-0.3, -0.25) is 9.48 Å². The lowest BCUT2D eigenvalue weighted by molar-refractivity contribution is 0.0651. The molecule has 2 rings (SSSR count). The van der Waals surface area contributed by atoms with Gasteiger partial charge in [0.1, 0.15) is 5.75 Å².